The maximum atomic E-state index is 5.86. The lowest BCUT2D eigenvalue weighted by atomic mass is 10.3. The number of nitrogens with zero attached hydrogens (tertiary/aromatic N) is 1. The first-order valence-corrected chi connectivity index (χ1v) is 9.80. The van der Waals surface area contributed by atoms with Crippen LogP contribution < -0.4 is 16.2 Å². The average Bonchev–Trinajstić information content (AvgIpc) is 3.13. The number of anilines is 2. The minimum Gasteiger partial charge on any atom is -0.494 e. The van der Waals surface area contributed by atoms with E-state index in [0.717, 1.165) is 28.6 Å². The van der Waals surface area contributed by atoms with Crippen LogP contribution >= 0.6 is 11.8 Å². The molecule has 1 fully saturated rings. The number of nitrogen functional groups attached to an aromatic ring is 2. The van der Waals surface area contributed by atoms with Crippen LogP contribution in [0.4, 0.5) is 11.4 Å². The molecule has 2 aromatic rings. The molecular weight excluding hydrogens is 330 g/mol. The van der Waals surface area contributed by atoms with E-state index >= 15 is 0 Å². The Morgan fingerprint density at radius 1 is 0.880 bits per heavy atom. The summed E-state index contributed by atoms with van der Waals surface area (Å²) in [5.74, 6) is 0.933. The number of benzene rings is 2. The summed E-state index contributed by atoms with van der Waals surface area (Å²) in [5.41, 5.74) is 12.9. The molecule has 0 spiro atoms. The molecule has 1 heterocycles. The standard InChI is InChI=1S/C20H27N3OS/c21-19-10-9-18(15-20(19)22)25-17-7-5-16(6-8-17)24-14-4-3-13-23-11-1-2-12-23/h5-10,15H,1-4,11-14,21-22H2. The van der Waals surface area contributed by atoms with Gasteiger partial charge in [-0.15, -0.1) is 0 Å². The second kappa shape index (κ2) is 9.02. The van der Waals surface area contributed by atoms with E-state index in [4.69, 9.17) is 16.2 Å². The van der Waals surface area contributed by atoms with Crippen molar-refractivity contribution in [3.05, 3.63) is 42.5 Å². The lowest BCUT2D eigenvalue weighted by molar-refractivity contribution is 0.279. The fourth-order valence-corrected chi connectivity index (χ4v) is 3.86. The Hall–Kier alpha value is -1.85. The van der Waals surface area contributed by atoms with Crippen LogP contribution in [0.15, 0.2) is 52.3 Å². The molecular formula is C20H27N3OS. The minimum atomic E-state index is 0.623. The third kappa shape index (κ3) is 5.58. The Kier molecular flexibility index (Phi) is 6.48. The molecule has 0 unspecified atom stereocenters. The monoisotopic (exact) mass is 357 g/mol. The van der Waals surface area contributed by atoms with Crippen molar-refractivity contribution < 1.29 is 4.74 Å². The molecule has 25 heavy (non-hydrogen) atoms. The summed E-state index contributed by atoms with van der Waals surface area (Å²) in [4.78, 5) is 4.79. The molecule has 134 valence electrons. The molecule has 3 rings (SSSR count). The number of nitrogens with two attached hydrogens (primary N) is 2. The Labute approximate surface area is 154 Å². The molecule has 0 amide bonds. The Bertz CT molecular complexity index is 669. The average molecular weight is 358 g/mol. The van der Waals surface area contributed by atoms with Gasteiger partial charge in [-0.2, -0.15) is 0 Å². The maximum Gasteiger partial charge on any atom is 0.119 e. The molecule has 4 N–H and O–H groups in total. The smallest absolute Gasteiger partial charge is 0.119 e. The van der Waals surface area contributed by atoms with Crippen LogP contribution in [0.3, 0.4) is 0 Å². The highest BCUT2D eigenvalue weighted by molar-refractivity contribution is 7.99. The number of rotatable bonds is 8. The lowest BCUT2D eigenvalue weighted by Crippen LogP contribution is -2.20. The van der Waals surface area contributed by atoms with Gasteiger partial charge in [0.2, 0.25) is 0 Å². The Morgan fingerprint density at radius 3 is 2.32 bits per heavy atom. The number of hydrogen-bond donors (Lipinski definition) is 2. The van der Waals surface area contributed by atoms with Crippen molar-refractivity contribution in [3.63, 3.8) is 0 Å². The molecule has 2 aromatic carbocycles. The molecule has 0 radical (unpaired) electrons. The molecule has 0 saturated carbocycles. The van der Waals surface area contributed by atoms with Crippen molar-refractivity contribution >= 4 is 23.1 Å². The van der Waals surface area contributed by atoms with Crippen LogP contribution in [-0.2, 0) is 0 Å². The minimum absolute atomic E-state index is 0.623. The molecule has 0 aliphatic carbocycles. The zero-order valence-corrected chi connectivity index (χ0v) is 15.4. The number of ether oxygens (including phenoxy) is 1. The van der Waals surface area contributed by atoms with Crippen LogP contribution in [0.1, 0.15) is 25.7 Å². The van der Waals surface area contributed by atoms with E-state index in [2.05, 4.69) is 17.0 Å². The van der Waals surface area contributed by atoms with Gasteiger partial charge in [0.1, 0.15) is 5.75 Å². The number of likely N-dealkylation sites (tertiary alicyclic amines) is 1. The van der Waals surface area contributed by atoms with E-state index in [9.17, 15) is 0 Å². The van der Waals surface area contributed by atoms with Crippen molar-refractivity contribution in [3.8, 4) is 5.75 Å². The SMILES string of the molecule is Nc1ccc(Sc2ccc(OCCCCN3CCCC3)cc2)cc1N. The maximum absolute atomic E-state index is 5.86. The second-order valence-corrected chi connectivity index (χ2v) is 7.62. The van der Waals surface area contributed by atoms with Gasteiger partial charge in [-0.25, -0.2) is 0 Å². The van der Waals surface area contributed by atoms with Gasteiger partial charge >= 0.3 is 0 Å². The quantitative estimate of drug-likeness (QED) is 0.546. The highest BCUT2D eigenvalue weighted by Crippen LogP contribution is 2.31. The van der Waals surface area contributed by atoms with Gasteiger partial charge in [-0.1, -0.05) is 11.8 Å². The predicted molar refractivity (Wildman–Crippen MR) is 106 cm³/mol. The molecule has 0 aromatic heterocycles. The molecule has 1 aliphatic rings. The van der Waals surface area contributed by atoms with E-state index in [1.165, 1.54) is 38.9 Å². The lowest BCUT2D eigenvalue weighted by Gasteiger charge is -2.14. The first kappa shape index (κ1) is 18.0. The Balaban J connectivity index is 1.40. The van der Waals surface area contributed by atoms with E-state index in [1.54, 1.807) is 11.8 Å². The second-order valence-electron chi connectivity index (χ2n) is 6.47. The van der Waals surface area contributed by atoms with E-state index in [1.807, 2.05) is 30.3 Å². The Morgan fingerprint density at radius 2 is 1.60 bits per heavy atom. The van der Waals surface area contributed by atoms with Gasteiger partial charge in [0, 0.05) is 9.79 Å². The molecule has 0 atom stereocenters. The fraction of sp³-hybridized carbons (Fsp3) is 0.400. The highest BCUT2D eigenvalue weighted by Gasteiger charge is 2.10. The molecule has 1 aliphatic heterocycles. The summed E-state index contributed by atoms with van der Waals surface area (Å²) in [6, 6.07) is 14.0. The van der Waals surface area contributed by atoms with Gasteiger partial charge in [-0.05, 0) is 87.8 Å². The van der Waals surface area contributed by atoms with Crippen molar-refractivity contribution in [2.24, 2.45) is 0 Å². The van der Waals surface area contributed by atoms with Gasteiger partial charge < -0.3 is 21.1 Å². The normalized spacial score (nSPS) is 14.7. The molecule has 1 saturated heterocycles. The van der Waals surface area contributed by atoms with Gasteiger partial charge in [0.15, 0.2) is 0 Å². The number of unbranched alkanes of at least 4 members (excludes halogenated alkanes) is 1. The first-order valence-electron chi connectivity index (χ1n) is 8.99. The van der Waals surface area contributed by atoms with E-state index in [0.29, 0.717) is 11.4 Å². The topological polar surface area (TPSA) is 64.5 Å². The predicted octanol–water partition coefficient (Wildman–Crippen LogP) is 4.26. The van der Waals surface area contributed by atoms with Crippen LogP contribution in [-0.4, -0.2) is 31.1 Å². The third-order valence-corrected chi connectivity index (χ3v) is 5.45. The third-order valence-electron chi connectivity index (χ3n) is 4.45. The summed E-state index contributed by atoms with van der Waals surface area (Å²) < 4.78 is 5.85. The zero-order valence-electron chi connectivity index (χ0n) is 14.6. The highest BCUT2D eigenvalue weighted by atomic mass is 32.2. The number of hydrogen-bond acceptors (Lipinski definition) is 5. The van der Waals surface area contributed by atoms with Gasteiger partial charge in [-0.3, -0.25) is 0 Å². The summed E-state index contributed by atoms with van der Waals surface area (Å²) in [6.07, 6.45) is 5.05. The van der Waals surface area contributed by atoms with E-state index in [-0.39, 0.29) is 0 Å². The van der Waals surface area contributed by atoms with Crippen molar-refractivity contribution in [1.29, 1.82) is 0 Å². The van der Waals surface area contributed by atoms with Crippen LogP contribution in [0.2, 0.25) is 0 Å². The van der Waals surface area contributed by atoms with Crippen molar-refractivity contribution in [2.45, 2.75) is 35.5 Å². The van der Waals surface area contributed by atoms with E-state index < -0.39 is 0 Å². The summed E-state index contributed by atoms with van der Waals surface area (Å²) in [7, 11) is 0. The first-order chi connectivity index (χ1) is 12.2. The molecule has 0 bridgehead atoms. The van der Waals surface area contributed by atoms with Gasteiger partial charge in [0.05, 0.1) is 18.0 Å². The fourth-order valence-electron chi connectivity index (χ4n) is 2.99. The largest absolute Gasteiger partial charge is 0.494 e. The van der Waals surface area contributed by atoms with Gasteiger partial charge in [0.25, 0.3) is 0 Å². The zero-order chi connectivity index (χ0) is 17.5. The van der Waals surface area contributed by atoms with Crippen LogP contribution in [0.25, 0.3) is 0 Å². The van der Waals surface area contributed by atoms with Crippen LogP contribution in [0.5, 0.6) is 5.75 Å². The summed E-state index contributed by atoms with van der Waals surface area (Å²) >= 11 is 1.67. The molecule has 5 heteroatoms. The summed E-state index contributed by atoms with van der Waals surface area (Å²) in [5, 5.41) is 0. The molecule has 4 nitrogen and oxygen atoms in total. The van der Waals surface area contributed by atoms with Crippen molar-refractivity contribution in [2.75, 3.05) is 37.7 Å². The summed E-state index contributed by atoms with van der Waals surface area (Å²) in [6.45, 7) is 4.55. The van der Waals surface area contributed by atoms with Crippen LogP contribution in [0, 0.1) is 0 Å². The van der Waals surface area contributed by atoms with Crippen molar-refractivity contribution in [1.82, 2.24) is 4.90 Å².